The van der Waals surface area contributed by atoms with E-state index < -0.39 is 11.8 Å². The van der Waals surface area contributed by atoms with Crippen LogP contribution in [0, 0.1) is 0 Å². The maximum absolute atomic E-state index is 12.9. The molecule has 1 aliphatic heterocycles. The molecule has 36 heavy (non-hydrogen) atoms. The van der Waals surface area contributed by atoms with Crippen LogP contribution >= 0.6 is 11.6 Å². The molecule has 184 valence electrons. The lowest BCUT2D eigenvalue weighted by Crippen LogP contribution is -2.32. The van der Waals surface area contributed by atoms with E-state index in [0.717, 1.165) is 10.5 Å². The number of nitrogens with zero attached hydrogens (tertiary/aromatic N) is 1. The standard InChI is InChI=1S/C27H24ClN3O5/c1-35-21-12-11-17(15-22(21)36-2)13-14-29-25(32)18-7-6-8-19(16-18)30-24-23(28)26(33)31(27(24)34)20-9-4-3-5-10-20/h3-12,15-16,30H,13-14H2,1-2H3,(H,29,32). The van der Waals surface area contributed by atoms with Gasteiger partial charge in [0.25, 0.3) is 17.7 Å². The van der Waals surface area contributed by atoms with E-state index in [2.05, 4.69) is 10.6 Å². The van der Waals surface area contributed by atoms with Gasteiger partial charge in [0.2, 0.25) is 0 Å². The average molecular weight is 506 g/mol. The number of carbonyl (C=O) groups excluding carboxylic acids is 3. The topological polar surface area (TPSA) is 97.0 Å². The minimum atomic E-state index is -0.612. The highest BCUT2D eigenvalue weighted by atomic mass is 35.5. The van der Waals surface area contributed by atoms with Crippen molar-refractivity contribution in [1.82, 2.24) is 5.32 Å². The number of benzene rings is 3. The second-order valence-corrected chi connectivity index (χ2v) is 8.25. The minimum Gasteiger partial charge on any atom is -0.493 e. The summed E-state index contributed by atoms with van der Waals surface area (Å²) in [4.78, 5) is 39.2. The lowest BCUT2D eigenvalue weighted by molar-refractivity contribution is -0.120. The number of hydrogen-bond donors (Lipinski definition) is 2. The molecule has 2 N–H and O–H groups in total. The first-order valence-corrected chi connectivity index (χ1v) is 11.5. The van der Waals surface area contributed by atoms with Gasteiger partial charge in [0.1, 0.15) is 10.7 Å². The Balaban J connectivity index is 1.40. The highest BCUT2D eigenvalue weighted by molar-refractivity contribution is 6.53. The van der Waals surface area contributed by atoms with Crippen LogP contribution in [0.25, 0.3) is 0 Å². The third-order valence-corrected chi connectivity index (χ3v) is 5.93. The fourth-order valence-corrected chi connectivity index (χ4v) is 3.98. The number of nitrogens with one attached hydrogen (secondary N) is 2. The van der Waals surface area contributed by atoms with Crippen molar-refractivity contribution in [3.63, 3.8) is 0 Å². The van der Waals surface area contributed by atoms with E-state index in [-0.39, 0.29) is 16.6 Å². The van der Waals surface area contributed by atoms with Gasteiger partial charge in [0.15, 0.2) is 11.5 Å². The number of ether oxygens (including phenoxy) is 2. The molecular formula is C27H24ClN3O5. The van der Waals surface area contributed by atoms with Gasteiger partial charge in [-0.2, -0.15) is 0 Å². The van der Waals surface area contributed by atoms with Gasteiger partial charge in [-0.25, -0.2) is 4.90 Å². The SMILES string of the molecule is COc1ccc(CCNC(=O)c2cccc(NC3=C(Cl)C(=O)N(c4ccccc4)C3=O)c2)cc1OC. The van der Waals surface area contributed by atoms with Crippen LogP contribution in [-0.2, 0) is 16.0 Å². The van der Waals surface area contributed by atoms with Crippen molar-refractivity contribution < 1.29 is 23.9 Å². The number of para-hydroxylation sites is 1. The monoisotopic (exact) mass is 505 g/mol. The molecule has 8 nitrogen and oxygen atoms in total. The lowest BCUT2D eigenvalue weighted by atomic mass is 10.1. The van der Waals surface area contributed by atoms with Gasteiger partial charge in [0.05, 0.1) is 19.9 Å². The van der Waals surface area contributed by atoms with E-state index in [1.807, 2.05) is 18.2 Å². The predicted molar refractivity (Wildman–Crippen MR) is 137 cm³/mol. The summed E-state index contributed by atoms with van der Waals surface area (Å²) in [7, 11) is 3.15. The third kappa shape index (κ3) is 5.18. The van der Waals surface area contributed by atoms with Crippen molar-refractivity contribution in [2.45, 2.75) is 6.42 Å². The van der Waals surface area contributed by atoms with Crippen LogP contribution in [0.2, 0.25) is 0 Å². The van der Waals surface area contributed by atoms with Gasteiger partial charge in [-0.05, 0) is 54.4 Å². The first kappa shape index (κ1) is 24.8. The molecule has 0 radical (unpaired) electrons. The Morgan fingerprint density at radius 3 is 2.36 bits per heavy atom. The zero-order chi connectivity index (χ0) is 25.7. The number of anilines is 2. The van der Waals surface area contributed by atoms with Crippen LogP contribution in [0.3, 0.4) is 0 Å². The van der Waals surface area contributed by atoms with Crippen molar-refractivity contribution in [3.8, 4) is 11.5 Å². The van der Waals surface area contributed by atoms with Gasteiger partial charge in [-0.1, -0.05) is 41.9 Å². The molecule has 0 fully saturated rings. The zero-order valence-corrected chi connectivity index (χ0v) is 20.5. The Morgan fingerprint density at radius 1 is 0.889 bits per heavy atom. The van der Waals surface area contributed by atoms with Crippen molar-refractivity contribution in [1.29, 1.82) is 0 Å². The first-order valence-electron chi connectivity index (χ1n) is 11.1. The Hall–Kier alpha value is -4.30. The summed E-state index contributed by atoms with van der Waals surface area (Å²) in [5.41, 5.74) is 2.20. The van der Waals surface area contributed by atoms with E-state index in [1.165, 1.54) is 0 Å². The molecule has 0 saturated carbocycles. The summed E-state index contributed by atoms with van der Waals surface area (Å²) in [6, 6.07) is 20.7. The van der Waals surface area contributed by atoms with Gasteiger partial charge >= 0.3 is 0 Å². The molecule has 4 rings (SSSR count). The summed E-state index contributed by atoms with van der Waals surface area (Å²) in [5, 5.41) is 5.57. The second kappa shape index (κ2) is 11.0. The maximum atomic E-state index is 12.9. The summed E-state index contributed by atoms with van der Waals surface area (Å²) < 4.78 is 10.6. The Labute approximate surface area is 213 Å². The van der Waals surface area contributed by atoms with Crippen LogP contribution in [0.4, 0.5) is 11.4 Å². The molecule has 1 aliphatic rings. The average Bonchev–Trinajstić information content (AvgIpc) is 3.12. The van der Waals surface area contributed by atoms with Crippen LogP contribution in [0.1, 0.15) is 15.9 Å². The van der Waals surface area contributed by atoms with Crippen LogP contribution in [0.15, 0.2) is 83.5 Å². The molecule has 9 heteroatoms. The number of halogens is 1. The number of rotatable bonds is 9. The fourth-order valence-electron chi connectivity index (χ4n) is 3.76. The smallest absolute Gasteiger partial charge is 0.283 e. The molecular weight excluding hydrogens is 482 g/mol. The number of amides is 3. The summed E-state index contributed by atoms with van der Waals surface area (Å²) in [6.45, 7) is 0.405. The maximum Gasteiger partial charge on any atom is 0.283 e. The molecule has 3 aromatic rings. The molecule has 1 heterocycles. The molecule has 0 aromatic heterocycles. The molecule has 3 amide bonds. The quantitative estimate of drug-likeness (QED) is 0.425. The molecule has 0 atom stereocenters. The summed E-state index contributed by atoms with van der Waals surface area (Å²) >= 11 is 6.20. The molecule has 0 bridgehead atoms. The molecule has 0 spiro atoms. The van der Waals surface area contributed by atoms with E-state index in [0.29, 0.717) is 41.4 Å². The summed E-state index contributed by atoms with van der Waals surface area (Å²) in [5.74, 6) is -0.197. The van der Waals surface area contributed by atoms with Gasteiger partial charge in [-0.3, -0.25) is 14.4 Å². The number of carbonyl (C=O) groups is 3. The number of imide groups is 1. The van der Waals surface area contributed by atoms with Crippen LogP contribution in [0.5, 0.6) is 11.5 Å². The Bertz CT molecular complexity index is 1340. The fraction of sp³-hybridized carbons (Fsp3) is 0.148. The van der Waals surface area contributed by atoms with Gasteiger partial charge < -0.3 is 20.1 Å². The largest absolute Gasteiger partial charge is 0.493 e. The number of hydrogen-bond acceptors (Lipinski definition) is 6. The Kier molecular flexibility index (Phi) is 7.56. The van der Waals surface area contributed by atoms with Crippen LogP contribution in [-0.4, -0.2) is 38.5 Å². The van der Waals surface area contributed by atoms with Gasteiger partial charge in [0, 0.05) is 17.8 Å². The van der Waals surface area contributed by atoms with E-state index >= 15 is 0 Å². The first-order chi connectivity index (χ1) is 17.4. The highest BCUT2D eigenvalue weighted by Crippen LogP contribution is 2.30. The van der Waals surface area contributed by atoms with E-state index in [4.69, 9.17) is 21.1 Å². The minimum absolute atomic E-state index is 0.0449. The molecule has 0 unspecified atom stereocenters. The Morgan fingerprint density at radius 2 is 1.64 bits per heavy atom. The van der Waals surface area contributed by atoms with E-state index in [1.54, 1.807) is 68.8 Å². The summed E-state index contributed by atoms with van der Waals surface area (Å²) in [6.07, 6.45) is 0.596. The highest BCUT2D eigenvalue weighted by Gasteiger charge is 2.38. The van der Waals surface area contributed by atoms with Crippen molar-refractivity contribution >= 4 is 40.7 Å². The predicted octanol–water partition coefficient (Wildman–Crippen LogP) is 4.11. The normalized spacial score (nSPS) is 13.1. The third-order valence-electron chi connectivity index (χ3n) is 5.58. The van der Waals surface area contributed by atoms with Crippen molar-refractivity contribution in [3.05, 3.63) is 94.7 Å². The second-order valence-electron chi connectivity index (χ2n) is 7.87. The molecule has 0 aliphatic carbocycles. The van der Waals surface area contributed by atoms with Crippen molar-refractivity contribution in [2.75, 3.05) is 31.0 Å². The lowest BCUT2D eigenvalue weighted by Gasteiger charge is -2.15. The van der Waals surface area contributed by atoms with Crippen molar-refractivity contribution in [2.24, 2.45) is 0 Å². The zero-order valence-electron chi connectivity index (χ0n) is 19.7. The number of methoxy groups -OCH3 is 2. The molecule has 3 aromatic carbocycles. The van der Waals surface area contributed by atoms with Crippen LogP contribution < -0.4 is 25.0 Å². The van der Waals surface area contributed by atoms with E-state index in [9.17, 15) is 14.4 Å². The van der Waals surface area contributed by atoms with Gasteiger partial charge in [-0.15, -0.1) is 0 Å². The molecule has 0 saturated heterocycles.